The lowest BCUT2D eigenvalue weighted by Gasteiger charge is -2.23. The smallest absolute Gasteiger partial charge is 0.255 e. The van der Waals surface area contributed by atoms with E-state index in [0.717, 1.165) is 16.5 Å². The third-order valence-electron chi connectivity index (χ3n) is 3.34. The molecule has 0 heterocycles. The van der Waals surface area contributed by atoms with Crippen molar-refractivity contribution in [1.29, 1.82) is 5.26 Å². The molecular formula is C18H17BrN2O. The topological polar surface area (TPSA) is 44.1 Å². The third kappa shape index (κ3) is 3.96. The molecule has 0 saturated heterocycles. The lowest BCUT2D eigenvalue weighted by Crippen LogP contribution is -2.31. The molecule has 4 heteroatoms. The van der Waals surface area contributed by atoms with Gasteiger partial charge in [0.1, 0.15) is 0 Å². The minimum atomic E-state index is 0.0127. The van der Waals surface area contributed by atoms with Crippen LogP contribution in [0.1, 0.15) is 34.8 Å². The predicted molar refractivity (Wildman–Crippen MR) is 90.3 cm³/mol. The number of amides is 1. The summed E-state index contributed by atoms with van der Waals surface area (Å²) in [5, 5.41) is 8.84. The number of hydrogen-bond donors (Lipinski definition) is 0. The molecule has 0 saturated carbocycles. The van der Waals surface area contributed by atoms with E-state index in [1.54, 1.807) is 12.1 Å². The lowest BCUT2D eigenvalue weighted by atomic mass is 10.1. The molecule has 2 aromatic carbocycles. The van der Waals surface area contributed by atoms with E-state index in [9.17, 15) is 4.79 Å². The van der Waals surface area contributed by atoms with Gasteiger partial charge in [-0.1, -0.05) is 31.2 Å². The summed E-state index contributed by atoms with van der Waals surface area (Å²) >= 11 is 3.44. The highest BCUT2D eigenvalue weighted by molar-refractivity contribution is 9.10. The fourth-order valence-electron chi connectivity index (χ4n) is 2.23. The first kappa shape index (κ1) is 16.3. The summed E-state index contributed by atoms with van der Waals surface area (Å²) in [5.41, 5.74) is 2.32. The summed E-state index contributed by atoms with van der Waals surface area (Å²) in [6, 6.07) is 16.9. The Hall–Kier alpha value is -2.12. The fraction of sp³-hybridized carbons (Fsp3) is 0.222. The van der Waals surface area contributed by atoms with Gasteiger partial charge in [-0.25, -0.2) is 0 Å². The number of carbonyl (C=O) groups excluding carboxylic acids is 1. The zero-order chi connectivity index (χ0) is 15.9. The van der Waals surface area contributed by atoms with Crippen molar-refractivity contribution in [1.82, 2.24) is 4.90 Å². The quantitative estimate of drug-likeness (QED) is 0.797. The summed E-state index contributed by atoms with van der Waals surface area (Å²) in [7, 11) is 0. The van der Waals surface area contributed by atoms with Crippen molar-refractivity contribution >= 4 is 21.8 Å². The molecule has 0 aliphatic heterocycles. The zero-order valence-corrected chi connectivity index (χ0v) is 14.0. The van der Waals surface area contributed by atoms with E-state index in [2.05, 4.69) is 28.9 Å². The number of nitrogens with zero attached hydrogens (tertiary/aromatic N) is 2. The average Bonchev–Trinajstić information content (AvgIpc) is 2.55. The fourth-order valence-corrected chi connectivity index (χ4v) is 2.69. The van der Waals surface area contributed by atoms with E-state index in [1.807, 2.05) is 41.3 Å². The van der Waals surface area contributed by atoms with Gasteiger partial charge >= 0.3 is 0 Å². The summed E-state index contributed by atoms with van der Waals surface area (Å²) < 4.78 is 0.806. The Morgan fingerprint density at radius 2 is 1.86 bits per heavy atom. The predicted octanol–water partition coefficient (Wildman–Crippen LogP) is 4.37. The molecule has 22 heavy (non-hydrogen) atoms. The van der Waals surface area contributed by atoms with E-state index >= 15 is 0 Å². The molecule has 0 radical (unpaired) electrons. The second-order valence-corrected chi connectivity index (χ2v) is 5.87. The standard InChI is InChI=1S/C18H17BrN2O/c1-2-11-21(13-15-9-7-14(12-20)8-10-15)18(22)16-5-3-4-6-17(16)19/h3-10H,2,11,13H2,1H3. The van der Waals surface area contributed by atoms with E-state index in [0.29, 0.717) is 24.2 Å². The lowest BCUT2D eigenvalue weighted by molar-refractivity contribution is 0.0742. The van der Waals surface area contributed by atoms with Crippen LogP contribution < -0.4 is 0 Å². The van der Waals surface area contributed by atoms with Gasteiger partial charge in [0.2, 0.25) is 0 Å². The first-order valence-electron chi connectivity index (χ1n) is 7.18. The summed E-state index contributed by atoms with van der Waals surface area (Å²) in [4.78, 5) is 14.6. The number of halogens is 1. The van der Waals surface area contributed by atoms with Crippen molar-refractivity contribution in [3.8, 4) is 6.07 Å². The first-order chi connectivity index (χ1) is 10.7. The Kier molecular flexibility index (Phi) is 5.74. The van der Waals surface area contributed by atoms with Gasteiger partial charge in [-0.05, 0) is 52.2 Å². The van der Waals surface area contributed by atoms with E-state index in [4.69, 9.17) is 5.26 Å². The maximum absolute atomic E-state index is 12.7. The number of hydrogen-bond acceptors (Lipinski definition) is 2. The van der Waals surface area contributed by atoms with Crippen molar-refractivity contribution in [2.24, 2.45) is 0 Å². The Balaban J connectivity index is 2.20. The maximum atomic E-state index is 12.7. The van der Waals surface area contributed by atoms with Gasteiger partial charge in [-0.15, -0.1) is 0 Å². The highest BCUT2D eigenvalue weighted by Crippen LogP contribution is 2.19. The summed E-state index contributed by atoms with van der Waals surface area (Å²) in [5.74, 6) is 0.0127. The Labute approximate surface area is 139 Å². The molecular weight excluding hydrogens is 340 g/mol. The number of carbonyl (C=O) groups is 1. The van der Waals surface area contributed by atoms with Gasteiger partial charge in [0.25, 0.3) is 5.91 Å². The van der Waals surface area contributed by atoms with Gasteiger partial charge in [-0.3, -0.25) is 4.79 Å². The van der Waals surface area contributed by atoms with Crippen molar-refractivity contribution in [3.05, 3.63) is 69.7 Å². The van der Waals surface area contributed by atoms with Gasteiger partial charge in [-0.2, -0.15) is 5.26 Å². The van der Waals surface area contributed by atoms with Crippen LogP contribution in [0.5, 0.6) is 0 Å². The molecule has 2 rings (SSSR count). The summed E-state index contributed by atoms with van der Waals surface area (Å²) in [6.45, 7) is 3.29. The molecule has 0 spiro atoms. The van der Waals surface area contributed by atoms with Crippen LogP contribution in [0.4, 0.5) is 0 Å². The van der Waals surface area contributed by atoms with Crippen molar-refractivity contribution < 1.29 is 4.79 Å². The van der Waals surface area contributed by atoms with Crippen molar-refractivity contribution in [3.63, 3.8) is 0 Å². The Morgan fingerprint density at radius 1 is 1.18 bits per heavy atom. The molecule has 3 nitrogen and oxygen atoms in total. The SMILES string of the molecule is CCCN(Cc1ccc(C#N)cc1)C(=O)c1ccccc1Br. The molecule has 112 valence electrons. The average molecular weight is 357 g/mol. The van der Waals surface area contributed by atoms with E-state index in [-0.39, 0.29) is 5.91 Å². The van der Waals surface area contributed by atoms with Gasteiger partial charge in [0.15, 0.2) is 0 Å². The van der Waals surface area contributed by atoms with Gasteiger partial charge in [0, 0.05) is 17.6 Å². The molecule has 0 fully saturated rings. The van der Waals surface area contributed by atoms with Gasteiger partial charge in [0.05, 0.1) is 17.2 Å². The Morgan fingerprint density at radius 3 is 2.45 bits per heavy atom. The van der Waals surface area contributed by atoms with Crippen LogP contribution in [0.25, 0.3) is 0 Å². The zero-order valence-electron chi connectivity index (χ0n) is 12.4. The maximum Gasteiger partial charge on any atom is 0.255 e. The molecule has 0 unspecified atom stereocenters. The van der Waals surface area contributed by atoms with Crippen LogP contribution in [-0.2, 0) is 6.54 Å². The molecule has 0 aliphatic carbocycles. The molecule has 0 N–H and O–H groups in total. The highest BCUT2D eigenvalue weighted by atomic mass is 79.9. The molecule has 2 aromatic rings. The van der Waals surface area contributed by atoms with Crippen LogP contribution >= 0.6 is 15.9 Å². The second kappa shape index (κ2) is 7.77. The first-order valence-corrected chi connectivity index (χ1v) is 7.98. The van der Waals surface area contributed by atoms with Crippen LogP contribution in [-0.4, -0.2) is 17.4 Å². The molecule has 0 aromatic heterocycles. The van der Waals surface area contributed by atoms with Gasteiger partial charge < -0.3 is 4.90 Å². The minimum absolute atomic E-state index is 0.0127. The van der Waals surface area contributed by atoms with Crippen molar-refractivity contribution in [2.45, 2.75) is 19.9 Å². The molecule has 1 amide bonds. The van der Waals surface area contributed by atoms with Crippen molar-refractivity contribution in [2.75, 3.05) is 6.54 Å². The Bertz CT molecular complexity index is 689. The van der Waals surface area contributed by atoms with Crippen LogP contribution in [0.15, 0.2) is 53.0 Å². The van der Waals surface area contributed by atoms with Crippen LogP contribution in [0.2, 0.25) is 0 Å². The minimum Gasteiger partial charge on any atom is -0.334 e. The highest BCUT2D eigenvalue weighted by Gasteiger charge is 2.17. The number of rotatable bonds is 5. The van der Waals surface area contributed by atoms with Crippen LogP contribution in [0, 0.1) is 11.3 Å². The largest absolute Gasteiger partial charge is 0.334 e. The van der Waals surface area contributed by atoms with E-state index in [1.165, 1.54) is 0 Å². The van der Waals surface area contributed by atoms with Crippen LogP contribution in [0.3, 0.4) is 0 Å². The monoisotopic (exact) mass is 356 g/mol. The van der Waals surface area contributed by atoms with E-state index < -0.39 is 0 Å². The second-order valence-electron chi connectivity index (χ2n) is 5.02. The third-order valence-corrected chi connectivity index (χ3v) is 4.03. The summed E-state index contributed by atoms with van der Waals surface area (Å²) in [6.07, 6.45) is 0.895. The normalized spacial score (nSPS) is 10.0. The molecule has 0 bridgehead atoms. The molecule has 0 aliphatic rings. The number of nitriles is 1. The number of benzene rings is 2. The molecule has 0 atom stereocenters.